The van der Waals surface area contributed by atoms with Crippen molar-refractivity contribution in [1.82, 2.24) is 29.9 Å². The number of anilines is 1. The van der Waals surface area contributed by atoms with E-state index in [0.29, 0.717) is 30.7 Å². The Kier molecular flexibility index (Phi) is 6.28. The van der Waals surface area contributed by atoms with Crippen molar-refractivity contribution in [3.63, 3.8) is 0 Å². The van der Waals surface area contributed by atoms with Crippen molar-refractivity contribution in [2.75, 3.05) is 17.9 Å². The molecule has 0 radical (unpaired) electrons. The minimum Gasteiger partial charge on any atom is -0.381 e. The molecule has 9 nitrogen and oxygen atoms in total. The molecule has 2 unspecified atom stereocenters. The van der Waals surface area contributed by atoms with Crippen LogP contribution in [0.1, 0.15) is 50.0 Å². The summed E-state index contributed by atoms with van der Waals surface area (Å²) in [4.78, 5) is 8.99. The fraction of sp³-hybridized carbons (Fsp3) is 0.435. The van der Waals surface area contributed by atoms with Crippen LogP contribution in [0.4, 0.5) is 5.95 Å². The molecule has 0 spiro atoms. The Morgan fingerprint density at radius 3 is 2.64 bits per heavy atom. The molecule has 5 rings (SSSR count). The third kappa shape index (κ3) is 4.45. The van der Waals surface area contributed by atoms with Crippen molar-refractivity contribution < 1.29 is 9.26 Å². The van der Waals surface area contributed by atoms with Gasteiger partial charge in [0.15, 0.2) is 17.1 Å². The zero-order valence-corrected chi connectivity index (χ0v) is 19.7. The van der Waals surface area contributed by atoms with Crippen molar-refractivity contribution in [2.45, 2.75) is 50.8 Å². The molecule has 172 valence electrons. The van der Waals surface area contributed by atoms with Crippen molar-refractivity contribution in [1.29, 1.82) is 0 Å². The van der Waals surface area contributed by atoms with Gasteiger partial charge in [0.05, 0.1) is 5.39 Å². The van der Waals surface area contributed by atoms with Crippen LogP contribution in [0.3, 0.4) is 0 Å². The lowest BCUT2D eigenvalue weighted by Crippen LogP contribution is -2.22. The molecule has 0 bridgehead atoms. The van der Waals surface area contributed by atoms with Crippen LogP contribution in [-0.2, 0) is 4.74 Å². The Morgan fingerprint density at radius 1 is 1.09 bits per heavy atom. The molecule has 2 atom stereocenters. The van der Waals surface area contributed by atoms with Gasteiger partial charge in [0.25, 0.3) is 0 Å². The Balaban J connectivity index is 1.42. The fourth-order valence-corrected chi connectivity index (χ4v) is 4.71. The number of para-hydroxylation sites is 1. The molecule has 0 saturated carbocycles. The number of benzene rings is 1. The number of ether oxygens (including phenoxy) is 1. The van der Waals surface area contributed by atoms with E-state index in [-0.39, 0.29) is 17.2 Å². The number of aromatic nitrogens is 6. The highest BCUT2D eigenvalue weighted by Gasteiger charge is 2.27. The smallest absolute Gasteiger partial charge is 0.235 e. The summed E-state index contributed by atoms with van der Waals surface area (Å²) in [5, 5.41) is 14.5. The van der Waals surface area contributed by atoms with E-state index in [2.05, 4.69) is 48.5 Å². The molecule has 10 heteroatoms. The van der Waals surface area contributed by atoms with Crippen LogP contribution in [0.2, 0.25) is 0 Å². The first-order valence-electron chi connectivity index (χ1n) is 11.2. The predicted octanol–water partition coefficient (Wildman–Crippen LogP) is 4.79. The van der Waals surface area contributed by atoms with Crippen LogP contribution in [0.5, 0.6) is 0 Å². The monoisotopic (exact) mass is 465 g/mol. The van der Waals surface area contributed by atoms with Gasteiger partial charge in [0, 0.05) is 42.8 Å². The third-order valence-corrected chi connectivity index (χ3v) is 7.17. The summed E-state index contributed by atoms with van der Waals surface area (Å²) in [7, 11) is 0. The number of fused-ring (bicyclic) bond motifs is 1. The van der Waals surface area contributed by atoms with Crippen molar-refractivity contribution in [3.8, 4) is 11.5 Å². The average Bonchev–Trinajstić information content (AvgIpc) is 3.47. The van der Waals surface area contributed by atoms with Crippen LogP contribution in [0.25, 0.3) is 22.5 Å². The van der Waals surface area contributed by atoms with Gasteiger partial charge >= 0.3 is 0 Å². The molecule has 4 aromatic rings. The zero-order chi connectivity index (χ0) is 22.8. The molecule has 4 heterocycles. The van der Waals surface area contributed by atoms with Crippen LogP contribution < -0.4 is 4.72 Å². The second kappa shape index (κ2) is 9.48. The normalized spacial score (nSPS) is 16.7. The van der Waals surface area contributed by atoms with Gasteiger partial charge in [0.1, 0.15) is 5.82 Å². The molecule has 1 aliphatic heterocycles. The summed E-state index contributed by atoms with van der Waals surface area (Å²) in [6.45, 7) is 7.72. The summed E-state index contributed by atoms with van der Waals surface area (Å²) >= 11 is 1.60. The first-order valence-corrected chi connectivity index (χ1v) is 12.1. The Labute approximate surface area is 196 Å². The largest absolute Gasteiger partial charge is 0.381 e. The van der Waals surface area contributed by atoms with Crippen molar-refractivity contribution >= 4 is 28.9 Å². The number of rotatable bonds is 7. The van der Waals surface area contributed by atoms with Gasteiger partial charge in [-0.3, -0.25) is 9.29 Å². The number of nitrogens with one attached hydrogen (secondary N) is 1. The van der Waals surface area contributed by atoms with Crippen LogP contribution in [-0.4, -0.2) is 48.4 Å². The third-order valence-electron chi connectivity index (χ3n) is 6.09. The molecule has 0 amide bonds. The molecule has 33 heavy (non-hydrogen) atoms. The maximum Gasteiger partial charge on any atom is 0.235 e. The summed E-state index contributed by atoms with van der Waals surface area (Å²) in [5.74, 6) is 2.42. The predicted molar refractivity (Wildman–Crippen MR) is 128 cm³/mol. The van der Waals surface area contributed by atoms with E-state index >= 15 is 0 Å². The molecule has 1 N–H and O–H groups in total. The van der Waals surface area contributed by atoms with E-state index in [0.717, 1.165) is 35.2 Å². The van der Waals surface area contributed by atoms with Crippen LogP contribution in [0.15, 0.2) is 41.2 Å². The fourth-order valence-electron chi connectivity index (χ4n) is 3.95. The van der Waals surface area contributed by atoms with Crippen molar-refractivity contribution in [3.05, 3.63) is 48.0 Å². The second-order valence-electron chi connectivity index (χ2n) is 8.42. The van der Waals surface area contributed by atoms with Gasteiger partial charge in [0.2, 0.25) is 5.95 Å². The molecule has 0 aliphatic carbocycles. The van der Waals surface area contributed by atoms with E-state index in [1.165, 1.54) is 0 Å². The quantitative estimate of drug-likeness (QED) is 0.386. The molecule has 1 fully saturated rings. The van der Waals surface area contributed by atoms with E-state index < -0.39 is 0 Å². The lowest BCUT2D eigenvalue weighted by atomic mass is 10.1. The van der Waals surface area contributed by atoms with Gasteiger partial charge in [-0.25, -0.2) is 9.97 Å². The summed E-state index contributed by atoms with van der Waals surface area (Å²) < 4.78 is 16.8. The summed E-state index contributed by atoms with van der Waals surface area (Å²) in [6.07, 6.45) is 5.51. The van der Waals surface area contributed by atoms with E-state index in [9.17, 15) is 0 Å². The molecule has 1 saturated heterocycles. The first kappa shape index (κ1) is 21.8. The number of hydrogen-bond donors (Lipinski definition) is 1. The van der Waals surface area contributed by atoms with Crippen LogP contribution >= 0.6 is 11.9 Å². The minimum absolute atomic E-state index is 0.168. The Bertz CT molecular complexity index is 1220. The second-order valence-corrected chi connectivity index (χ2v) is 9.60. The lowest BCUT2D eigenvalue weighted by molar-refractivity contribution is 0.0704. The van der Waals surface area contributed by atoms with Gasteiger partial charge < -0.3 is 9.26 Å². The lowest BCUT2D eigenvalue weighted by Gasteiger charge is -2.26. The number of nitrogens with zero attached hydrogens (tertiary/aromatic N) is 6. The highest BCUT2D eigenvalue weighted by atomic mass is 32.2. The van der Waals surface area contributed by atoms with Gasteiger partial charge in [-0.05, 0) is 49.4 Å². The number of hydrogen-bond acceptors (Lipinski definition) is 9. The zero-order valence-electron chi connectivity index (χ0n) is 18.9. The maximum atomic E-state index is 5.60. The molecule has 3 aromatic heterocycles. The molecule has 1 aromatic carbocycles. The van der Waals surface area contributed by atoms with E-state index in [4.69, 9.17) is 9.26 Å². The van der Waals surface area contributed by atoms with Gasteiger partial charge in [-0.1, -0.05) is 31.1 Å². The Hall–Kier alpha value is -2.98. The maximum absolute atomic E-state index is 5.60. The van der Waals surface area contributed by atoms with Gasteiger partial charge in [-0.2, -0.15) is 0 Å². The molecule has 1 aliphatic rings. The first-order chi connectivity index (χ1) is 16.1. The van der Waals surface area contributed by atoms with Crippen molar-refractivity contribution in [2.24, 2.45) is 0 Å². The summed E-state index contributed by atoms with van der Waals surface area (Å²) in [6, 6.07) is 8.03. The van der Waals surface area contributed by atoms with Gasteiger partial charge in [-0.15, -0.1) is 10.2 Å². The molecular formula is C23H27N7O2S. The SMILES string of the molecule is Cc1cnc(C(C)C(C)SNc2nnc(-c3noc4ccccc34)n2C2CCOCC2)nc1. The van der Waals surface area contributed by atoms with E-state index in [1.54, 1.807) is 11.9 Å². The highest BCUT2D eigenvalue weighted by molar-refractivity contribution is 8.01. The number of aryl methyl sites for hydroxylation is 1. The topological polar surface area (TPSA) is 104 Å². The summed E-state index contributed by atoms with van der Waals surface area (Å²) in [5.41, 5.74) is 2.50. The molecular weight excluding hydrogens is 438 g/mol. The average molecular weight is 466 g/mol. The standard InChI is InChI=1S/C23H27N7O2S/c1-14-12-24-21(25-13-14)15(2)16(3)33-29-23-27-26-22(30(23)17-8-10-31-11-9-17)20-18-6-4-5-7-19(18)32-28-20/h4-7,12-13,15-17H,8-11H2,1-3H3,(H,27,29). The highest BCUT2D eigenvalue weighted by Crippen LogP contribution is 2.35. The Morgan fingerprint density at radius 2 is 1.85 bits per heavy atom. The van der Waals surface area contributed by atoms with E-state index in [1.807, 2.05) is 43.6 Å². The minimum atomic E-state index is 0.168. The van der Waals surface area contributed by atoms with Crippen LogP contribution in [0, 0.1) is 6.92 Å².